The van der Waals surface area contributed by atoms with Gasteiger partial charge in [-0.3, -0.25) is 9.36 Å². The third kappa shape index (κ3) is 14.1. The topological polar surface area (TPSA) is 126 Å². The Morgan fingerprint density at radius 2 is 0.864 bits per heavy atom. The van der Waals surface area contributed by atoms with Crippen molar-refractivity contribution < 1.29 is 31.0 Å². The van der Waals surface area contributed by atoms with E-state index in [9.17, 15) is 0 Å². The highest BCUT2D eigenvalue weighted by molar-refractivity contribution is 6.61. The summed E-state index contributed by atoms with van der Waals surface area (Å²) in [4.78, 5) is 0. The molecule has 7 rings (SSSR count). The van der Waals surface area contributed by atoms with E-state index in [0.29, 0.717) is 64.8 Å². The maximum atomic E-state index is 6.05. The van der Waals surface area contributed by atoms with Crippen LogP contribution in [0.3, 0.4) is 0 Å². The first-order chi connectivity index (χ1) is 32.4. The quantitative estimate of drug-likeness (QED) is 0.0426. The van der Waals surface area contributed by atoms with Gasteiger partial charge in [-0.2, -0.15) is 0 Å². The predicted octanol–water partition coefficient (Wildman–Crippen LogP) is 9.61. The van der Waals surface area contributed by atoms with Crippen LogP contribution in [-0.4, -0.2) is 104 Å². The van der Waals surface area contributed by atoms with Crippen molar-refractivity contribution in [2.75, 3.05) is 46.2 Å². The van der Waals surface area contributed by atoms with Crippen molar-refractivity contribution in [3.05, 3.63) is 144 Å². The molecule has 0 radical (unpaired) electrons. The van der Waals surface area contributed by atoms with Crippen LogP contribution >= 0.6 is 0 Å². The Hall–Kier alpha value is -4.73. The van der Waals surface area contributed by atoms with Crippen molar-refractivity contribution in [1.29, 1.82) is 0 Å². The third-order valence-corrected chi connectivity index (χ3v) is 18.4. The summed E-state index contributed by atoms with van der Waals surface area (Å²) in [5, 5.41) is 18.0. The molecular formula is C50H68N6O7Si3. The minimum atomic E-state index is -2.81. The van der Waals surface area contributed by atoms with E-state index in [0.717, 1.165) is 62.5 Å². The van der Waals surface area contributed by atoms with Gasteiger partial charge in [0.15, 0.2) is 9.76 Å². The van der Waals surface area contributed by atoms with E-state index in [1.165, 1.54) is 18.9 Å². The first kappa shape index (κ1) is 50.7. The molecule has 0 N–H and O–H groups in total. The fourth-order valence-electron chi connectivity index (χ4n) is 8.01. The van der Waals surface area contributed by atoms with Gasteiger partial charge in [0.2, 0.25) is 0 Å². The summed E-state index contributed by atoms with van der Waals surface area (Å²) < 4.78 is 45.2. The number of aromatic nitrogens is 6. The lowest BCUT2D eigenvalue weighted by molar-refractivity contribution is 0.0691. The van der Waals surface area contributed by atoms with Gasteiger partial charge in [0.05, 0.1) is 12.4 Å². The molecule has 16 heteroatoms. The highest BCUT2D eigenvalue weighted by Crippen LogP contribution is 2.38. The molecular weight excluding hydrogens is 881 g/mol. The van der Waals surface area contributed by atoms with E-state index in [1.807, 2.05) is 75.4 Å². The smallest absolute Gasteiger partial charge is 0.424 e. The molecule has 1 aliphatic rings. The normalized spacial score (nSPS) is 13.9. The number of hydrogen-bond donors (Lipinski definition) is 0. The Kier molecular flexibility index (Phi) is 20.4. The largest absolute Gasteiger partial charge is 0.502 e. The van der Waals surface area contributed by atoms with Gasteiger partial charge in [0, 0.05) is 82.6 Å². The predicted molar refractivity (Wildman–Crippen MR) is 268 cm³/mol. The number of hydrogen-bond acceptors (Lipinski definition) is 11. The van der Waals surface area contributed by atoms with Crippen molar-refractivity contribution in [3.8, 4) is 22.5 Å². The van der Waals surface area contributed by atoms with Crippen LogP contribution in [0.25, 0.3) is 33.7 Å². The van der Waals surface area contributed by atoms with Gasteiger partial charge in [0.25, 0.3) is 0 Å². The average Bonchev–Trinajstić information content (AvgIpc) is 4.05. The van der Waals surface area contributed by atoms with Crippen LogP contribution in [0.5, 0.6) is 0 Å². The zero-order valence-electron chi connectivity index (χ0n) is 39.7. The van der Waals surface area contributed by atoms with Crippen molar-refractivity contribution >= 4 is 38.5 Å². The summed E-state index contributed by atoms with van der Waals surface area (Å²) in [5.41, 5.74) is 10.1. The highest BCUT2D eigenvalue weighted by atomic mass is 28.4. The van der Waals surface area contributed by atoms with E-state index >= 15 is 0 Å². The molecule has 0 unspecified atom stereocenters. The van der Waals surface area contributed by atoms with Crippen LogP contribution in [0, 0.1) is 0 Å². The molecule has 3 heterocycles. The molecule has 0 amide bonds. The molecule has 352 valence electrons. The van der Waals surface area contributed by atoms with Crippen molar-refractivity contribution in [1.82, 2.24) is 30.0 Å². The van der Waals surface area contributed by atoms with Crippen molar-refractivity contribution in [2.45, 2.75) is 85.6 Å². The minimum absolute atomic E-state index is 0.00849. The van der Waals surface area contributed by atoms with E-state index in [-0.39, 0.29) is 9.76 Å². The monoisotopic (exact) mass is 948 g/mol. The lowest BCUT2D eigenvalue weighted by Crippen LogP contribution is -2.46. The Bertz CT molecular complexity index is 2120. The summed E-state index contributed by atoms with van der Waals surface area (Å²) in [5.74, 6) is 0. The van der Waals surface area contributed by atoms with E-state index in [1.54, 1.807) is 0 Å². The average molecular weight is 949 g/mol. The Balaban J connectivity index is 0.00000111. The molecule has 4 aromatic carbocycles. The summed E-state index contributed by atoms with van der Waals surface area (Å²) in [7, 11) is -5.62. The molecule has 6 aromatic rings. The van der Waals surface area contributed by atoms with Crippen LogP contribution in [0.15, 0.2) is 122 Å². The Morgan fingerprint density at radius 1 is 0.500 bits per heavy atom. The Labute approximate surface area is 396 Å². The van der Waals surface area contributed by atoms with Crippen LogP contribution in [0.2, 0.25) is 18.1 Å². The molecule has 2 aromatic heterocycles. The summed E-state index contributed by atoms with van der Waals surface area (Å²) in [6.07, 6.45) is 6.69. The molecule has 0 atom stereocenters. The van der Waals surface area contributed by atoms with Gasteiger partial charge in [-0.05, 0) is 87.4 Å². The standard InChI is InChI=1S/C46H58N6O6Si2.C4H10OSi/c1-7-53-59(54-8-2,55-9-3)33-31-51-35-43(47-49-51)37-23-27-41(28-24-37)45(39-19-15-13-16-20-39)46(40-21-17-14-18-22-40)42-29-25-38(26-30-42)44-36-52(50-48-44)32-34-60(56-10-4,57-11-5)58-12-6;1-2-4-6-5-3-1/h13-30,35-36H,7-12,31-34H2,1-6H3;1-4,6H2/b46-45+;. The molecule has 0 saturated carbocycles. The van der Waals surface area contributed by atoms with Gasteiger partial charge < -0.3 is 31.0 Å². The van der Waals surface area contributed by atoms with Crippen LogP contribution in [0.1, 0.15) is 76.6 Å². The lowest BCUT2D eigenvalue weighted by Gasteiger charge is -2.28. The number of rotatable bonds is 24. The van der Waals surface area contributed by atoms with Gasteiger partial charge in [0.1, 0.15) is 11.4 Å². The second kappa shape index (κ2) is 26.6. The van der Waals surface area contributed by atoms with Crippen LogP contribution in [0.4, 0.5) is 0 Å². The first-order valence-corrected chi connectivity index (χ1v) is 29.1. The van der Waals surface area contributed by atoms with Gasteiger partial charge in [-0.25, -0.2) is 0 Å². The maximum absolute atomic E-state index is 6.05. The summed E-state index contributed by atoms with van der Waals surface area (Å²) in [6, 6.07) is 40.9. The van der Waals surface area contributed by atoms with Crippen LogP contribution in [-0.2, 0) is 44.1 Å². The number of nitrogens with zero attached hydrogens (tertiary/aromatic N) is 6. The van der Waals surface area contributed by atoms with Gasteiger partial charge in [-0.15, -0.1) is 10.2 Å². The Morgan fingerprint density at radius 3 is 1.15 bits per heavy atom. The van der Waals surface area contributed by atoms with E-state index in [4.69, 9.17) is 31.0 Å². The fraction of sp³-hybridized carbons (Fsp3) is 0.400. The molecule has 0 spiro atoms. The molecule has 1 fully saturated rings. The lowest BCUT2D eigenvalue weighted by atomic mass is 9.85. The van der Waals surface area contributed by atoms with E-state index in [2.05, 4.69) is 118 Å². The van der Waals surface area contributed by atoms with Gasteiger partial charge >= 0.3 is 17.6 Å². The van der Waals surface area contributed by atoms with E-state index < -0.39 is 17.6 Å². The molecule has 0 bridgehead atoms. The van der Waals surface area contributed by atoms with Crippen molar-refractivity contribution in [2.24, 2.45) is 0 Å². The molecule has 1 saturated heterocycles. The maximum Gasteiger partial charge on any atom is 0.502 e. The summed E-state index contributed by atoms with van der Waals surface area (Å²) in [6.45, 7) is 17.2. The number of benzene rings is 4. The number of aryl methyl sites for hydroxylation is 2. The second-order valence-corrected chi connectivity index (χ2v) is 22.5. The van der Waals surface area contributed by atoms with Gasteiger partial charge in [-0.1, -0.05) is 126 Å². The fourth-order valence-corrected chi connectivity index (χ4v) is 14.2. The zero-order valence-corrected chi connectivity index (χ0v) is 43.1. The van der Waals surface area contributed by atoms with Crippen molar-refractivity contribution in [3.63, 3.8) is 0 Å². The molecule has 13 nitrogen and oxygen atoms in total. The first-order valence-electron chi connectivity index (χ1n) is 23.7. The highest BCUT2D eigenvalue weighted by Gasteiger charge is 2.41. The molecule has 0 aliphatic carbocycles. The van der Waals surface area contributed by atoms with Crippen LogP contribution < -0.4 is 0 Å². The minimum Gasteiger partial charge on any atom is -0.424 e. The molecule has 1 aliphatic heterocycles. The second-order valence-electron chi connectivity index (χ2n) is 15.5. The zero-order chi connectivity index (χ0) is 46.5. The SMILES string of the molecule is C1CC[SiH2]OC1.CCO[Si](CCn1cc(-c2ccc(/C(=C(\c3ccccc3)c3ccc(-c4cn(CC[Si](OCC)(OCC)OCC)nn4)cc3)c3ccccc3)cc2)nn1)(OCC)OCC. The molecule has 66 heavy (non-hydrogen) atoms. The summed E-state index contributed by atoms with van der Waals surface area (Å²) >= 11 is 0. The third-order valence-electron chi connectivity index (χ3n) is 10.9.